The number of hydrogen-bond acceptors (Lipinski definition) is 4. The predicted molar refractivity (Wildman–Crippen MR) is 244 cm³/mol. The first-order valence-electron chi connectivity index (χ1n) is 24.0. The van der Waals surface area contributed by atoms with E-state index in [0.29, 0.717) is 19.0 Å². The third-order valence-electron chi connectivity index (χ3n) is 11.0. The molecular weight excluding hydrogens is 696 g/mol. The van der Waals surface area contributed by atoms with Crippen LogP contribution in [0.3, 0.4) is 0 Å². The van der Waals surface area contributed by atoms with Gasteiger partial charge in [-0.1, -0.05) is 266 Å². The van der Waals surface area contributed by atoms with Crippen LogP contribution in [0.1, 0.15) is 272 Å². The lowest BCUT2D eigenvalue weighted by Gasteiger charge is -2.26. The Labute approximate surface area is 345 Å². The van der Waals surface area contributed by atoms with Crippen molar-refractivity contribution in [1.82, 2.24) is 0 Å². The summed E-state index contributed by atoms with van der Waals surface area (Å²) in [6.07, 6.45) is 43.6. The highest BCUT2D eigenvalue weighted by Gasteiger charge is 2.24. The molecule has 0 aliphatic heterocycles. The molecule has 0 saturated carbocycles. The zero-order valence-electron chi connectivity index (χ0n) is 38.4. The van der Waals surface area contributed by atoms with Gasteiger partial charge in [0, 0.05) is 4.57 Å². The molecule has 0 aliphatic rings. The first-order chi connectivity index (χ1) is 26.4. The number of para-hydroxylation sites is 1. The first kappa shape index (κ1) is 54.0. The third-order valence-corrected chi connectivity index (χ3v) is 11.8. The summed E-state index contributed by atoms with van der Waals surface area (Å²) in [6.45, 7) is 18.4. The monoisotopic (exact) mass is 792 g/mol. The van der Waals surface area contributed by atoms with Crippen LogP contribution in [0.15, 0.2) is 18.2 Å². The van der Waals surface area contributed by atoms with Crippen LogP contribution in [0.5, 0.6) is 5.75 Å². The Hall–Kier alpha value is -0.960. The number of unbranched alkanes of at least 4 members (excludes halogenated alkanes) is 30. The summed E-state index contributed by atoms with van der Waals surface area (Å²) in [5.41, 5.74) is 2.03. The van der Waals surface area contributed by atoms with E-state index in [2.05, 4.69) is 55.4 Å². The van der Waals surface area contributed by atoms with E-state index in [0.717, 1.165) is 24.0 Å². The predicted octanol–water partition coefficient (Wildman–Crippen LogP) is 18.2. The summed E-state index contributed by atoms with van der Waals surface area (Å²) >= 11 is 0. The number of phenolic OH excluding ortho intramolecular Hbond substituents is 1. The van der Waals surface area contributed by atoms with Gasteiger partial charge >= 0.3 is 8.25 Å². The Bertz CT molecular complexity index is 907. The Morgan fingerprint density at radius 3 is 0.855 bits per heavy atom. The fraction of sp³-hybridized carbons (Fsp3) is 0.880. The van der Waals surface area contributed by atoms with Gasteiger partial charge in [0.25, 0.3) is 0 Å². The average Bonchev–Trinajstić information content (AvgIpc) is 3.13. The van der Waals surface area contributed by atoms with Gasteiger partial charge in [0.15, 0.2) is 0 Å². The molecule has 0 bridgehead atoms. The fourth-order valence-electron chi connectivity index (χ4n) is 7.37. The quantitative estimate of drug-likeness (QED) is 0.0543. The van der Waals surface area contributed by atoms with Crippen LogP contribution < -0.4 is 0 Å². The molecule has 0 spiro atoms. The van der Waals surface area contributed by atoms with Crippen molar-refractivity contribution in [3.8, 4) is 5.75 Å². The Morgan fingerprint density at radius 2 is 0.636 bits per heavy atom. The van der Waals surface area contributed by atoms with Crippen molar-refractivity contribution in [3.63, 3.8) is 0 Å². The molecule has 0 amide bonds. The molecular formula is C50H96O4P+. The Balaban J connectivity index is 0.00000161. The van der Waals surface area contributed by atoms with Crippen LogP contribution in [0.4, 0.5) is 0 Å². The summed E-state index contributed by atoms with van der Waals surface area (Å²) in [5.74, 6) is 0.456. The molecule has 1 rings (SSSR count). The van der Waals surface area contributed by atoms with Gasteiger partial charge in [-0.05, 0) is 34.8 Å². The van der Waals surface area contributed by atoms with Crippen LogP contribution in [0.25, 0.3) is 0 Å². The van der Waals surface area contributed by atoms with Crippen molar-refractivity contribution in [2.75, 3.05) is 13.2 Å². The molecule has 4 nitrogen and oxygen atoms in total. The van der Waals surface area contributed by atoms with E-state index in [-0.39, 0.29) is 10.8 Å². The normalized spacial score (nSPS) is 11.9. The smallest absolute Gasteiger partial charge is 0.507 e. The Kier molecular flexibility index (Phi) is 36.7. The zero-order chi connectivity index (χ0) is 40.9. The van der Waals surface area contributed by atoms with Crippen molar-refractivity contribution in [2.24, 2.45) is 0 Å². The number of phenols is 1. The highest BCUT2D eigenvalue weighted by atomic mass is 31.1. The van der Waals surface area contributed by atoms with E-state index in [1.807, 2.05) is 18.2 Å². The lowest BCUT2D eigenvalue weighted by molar-refractivity contribution is 0.218. The van der Waals surface area contributed by atoms with E-state index >= 15 is 0 Å². The first-order valence-corrected chi connectivity index (χ1v) is 25.1. The standard InChI is InChI=1S/C36H74O3P.C14H22O/c1-3-5-7-9-11-13-15-17-19-21-23-25-27-29-31-33-35-38-40(37)39-36-34-32-30-28-26-24-22-20-18-16-14-12-10-8-6-4-2;1-13(2,3)10-8-7-9-11(12(10)15)14(4,5)6/h3-36H2,1-2H3;7-9,15H,1-6H3/q+1;. The number of aromatic hydroxyl groups is 1. The summed E-state index contributed by atoms with van der Waals surface area (Å²) in [4.78, 5) is 0. The molecule has 0 saturated heterocycles. The van der Waals surface area contributed by atoms with Crippen LogP contribution >= 0.6 is 8.25 Å². The lowest BCUT2D eigenvalue weighted by atomic mass is 9.80. The molecule has 0 heterocycles. The summed E-state index contributed by atoms with van der Waals surface area (Å²) in [7, 11) is -1.92. The average molecular weight is 792 g/mol. The van der Waals surface area contributed by atoms with Crippen molar-refractivity contribution < 1.29 is 18.7 Å². The van der Waals surface area contributed by atoms with Gasteiger partial charge in [-0.15, -0.1) is 9.05 Å². The van der Waals surface area contributed by atoms with Gasteiger partial charge in [-0.25, -0.2) is 0 Å². The lowest BCUT2D eigenvalue weighted by Crippen LogP contribution is -2.16. The SMILES string of the molecule is CC(C)(C)c1cccc(C(C)(C)C)c1O.CCCCCCCCCCCCCCCCCCO[P+](=O)OCCCCCCCCCCCCCCCCCC. The van der Waals surface area contributed by atoms with Crippen molar-refractivity contribution in [1.29, 1.82) is 0 Å². The molecule has 5 heteroatoms. The third kappa shape index (κ3) is 34.8. The van der Waals surface area contributed by atoms with E-state index in [9.17, 15) is 9.67 Å². The van der Waals surface area contributed by atoms with Crippen molar-refractivity contribution in [2.45, 2.75) is 272 Å². The molecule has 0 atom stereocenters. The van der Waals surface area contributed by atoms with Crippen LogP contribution in [-0.2, 0) is 24.4 Å². The van der Waals surface area contributed by atoms with Crippen molar-refractivity contribution in [3.05, 3.63) is 29.3 Å². The molecule has 0 aliphatic carbocycles. The molecule has 1 N–H and O–H groups in total. The van der Waals surface area contributed by atoms with Crippen LogP contribution in [-0.4, -0.2) is 18.3 Å². The highest BCUT2D eigenvalue weighted by molar-refractivity contribution is 7.33. The van der Waals surface area contributed by atoms with Gasteiger partial charge in [-0.3, -0.25) is 0 Å². The van der Waals surface area contributed by atoms with Crippen LogP contribution in [0.2, 0.25) is 0 Å². The molecule has 0 unspecified atom stereocenters. The minimum atomic E-state index is -1.92. The number of hydrogen-bond donors (Lipinski definition) is 1. The van der Waals surface area contributed by atoms with Gasteiger partial charge in [0.2, 0.25) is 0 Å². The second-order valence-corrected chi connectivity index (χ2v) is 19.7. The van der Waals surface area contributed by atoms with Gasteiger partial charge in [0.1, 0.15) is 19.0 Å². The topological polar surface area (TPSA) is 55.8 Å². The van der Waals surface area contributed by atoms with E-state index in [1.165, 1.54) is 193 Å². The minimum absolute atomic E-state index is 0.00859. The second kappa shape index (κ2) is 37.3. The summed E-state index contributed by atoms with van der Waals surface area (Å²) in [6, 6.07) is 6.04. The molecule has 55 heavy (non-hydrogen) atoms. The maximum absolute atomic E-state index is 11.9. The van der Waals surface area contributed by atoms with Gasteiger partial charge in [-0.2, -0.15) is 0 Å². The fourth-order valence-corrected chi connectivity index (χ4v) is 8.00. The van der Waals surface area contributed by atoms with E-state index in [1.54, 1.807) is 0 Å². The molecule has 0 fully saturated rings. The van der Waals surface area contributed by atoms with E-state index in [4.69, 9.17) is 9.05 Å². The molecule has 0 aromatic heterocycles. The number of rotatable bonds is 36. The second-order valence-electron chi connectivity index (χ2n) is 18.7. The number of benzene rings is 1. The highest BCUT2D eigenvalue weighted by Crippen LogP contribution is 2.38. The van der Waals surface area contributed by atoms with Crippen LogP contribution in [0, 0.1) is 0 Å². The Morgan fingerprint density at radius 1 is 0.418 bits per heavy atom. The summed E-state index contributed by atoms with van der Waals surface area (Å²) < 4.78 is 22.6. The largest absolute Gasteiger partial charge is 0.697 e. The van der Waals surface area contributed by atoms with Crippen molar-refractivity contribution >= 4 is 8.25 Å². The maximum atomic E-state index is 11.9. The van der Waals surface area contributed by atoms with E-state index < -0.39 is 8.25 Å². The molecule has 1 aromatic rings. The molecule has 0 radical (unpaired) electrons. The maximum Gasteiger partial charge on any atom is 0.697 e. The molecule has 1 aromatic carbocycles. The molecule has 324 valence electrons. The minimum Gasteiger partial charge on any atom is -0.507 e. The van der Waals surface area contributed by atoms with Gasteiger partial charge < -0.3 is 5.11 Å². The van der Waals surface area contributed by atoms with Gasteiger partial charge in [0.05, 0.1) is 0 Å². The summed E-state index contributed by atoms with van der Waals surface area (Å²) in [5, 5.41) is 10.3. The zero-order valence-corrected chi connectivity index (χ0v) is 39.3.